The Hall–Kier alpha value is -1.05. The van der Waals surface area contributed by atoms with E-state index in [9.17, 15) is 4.39 Å². The van der Waals surface area contributed by atoms with Gasteiger partial charge in [-0.05, 0) is 45.4 Å². The van der Waals surface area contributed by atoms with Gasteiger partial charge < -0.3 is 4.74 Å². The smallest absolute Gasteiger partial charge is 0.165 e. The maximum atomic E-state index is 13.2. The molecule has 0 saturated carbocycles. The van der Waals surface area contributed by atoms with Crippen molar-refractivity contribution in [3.8, 4) is 5.75 Å². The summed E-state index contributed by atoms with van der Waals surface area (Å²) in [5, 5.41) is 0. The summed E-state index contributed by atoms with van der Waals surface area (Å²) in [5.74, 6) is 0.0213. The van der Waals surface area contributed by atoms with Gasteiger partial charge >= 0.3 is 0 Å². The van der Waals surface area contributed by atoms with Crippen LogP contribution >= 0.6 is 0 Å². The van der Waals surface area contributed by atoms with E-state index in [4.69, 9.17) is 4.74 Å². The molecule has 1 rings (SSSR count). The molecule has 0 amide bonds. The molecule has 0 spiro atoms. The Morgan fingerprint density at radius 3 is 2.38 bits per heavy atom. The van der Waals surface area contributed by atoms with Gasteiger partial charge in [0.2, 0.25) is 0 Å². The van der Waals surface area contributed by atoms with E-state index >= 15 is 0 Å². The summed E-state index contributed by atoms with van der Waals surface area (Å²) in [7, 11) is 0. The molecule has 13 heavy (non-hydrogen) atoms. The molecule has 0 radical (unpaired) electrons. The number of benzene rings is 1. The van der Waals surface area contributed by atoms with Crippen molar-refractivity contribution in [1.29, 1.82) is 0 Å². The fraction of sp³-hybridized carbons (Fsp3) is 0.455. The lowest BCUT2D eigenvalue weighted by Crippen LogP contribution is -2.23. The molecule has 0 fully saturated rings. The summed E-state index contributed by atoms with van der Waals surface area (Å²) < 4.78 is 18.6. The molecule has 1 aromatic rings. The molecule has 0 aliphatic carbocycles. The minimum Gasteiger partial charge on any atom is -0.485 e. The molecular weight excluding hydrogens is 167 g/mol. The molecule has 0 unspecified atom stereocenters. The summed E-state index contributed by atoms with van der Waals surface area (Å²) in [6, 6.07) is 4.86. The Balaban J connectivity index is 2.94. The van der Waals surface area contributed by atoms with Crippen LogP contribution in [0, 0.1) is 12.7 Å². The zero-order chi connectivity index (χ0) is 10.1. The Kier molecular flexibility index (Phi) is 2.60. The number of hydrogen-bond acceptors (Lipinski definition) is 1. The highest BCUT2D eigenvalue weighted by atomic mass is 19.1. The van der Waals surface area contributed by atoms with Crippen LogP contribution in [0.2, 0.25) is 0 Å². The molecule has 0 aliphatic rings. The normalized spacial score (nSPS) is 11.5. The summed E-state index contributed by atoms with van der Waals surface area (Å²) in [5.41, 5.74) is 0.648. The number of halogens is 1. The van der Waals surface area contributed by atoms with Gasteiger partial charge in [-0.25, -0.2) is 4.39 Å². The van der Waals surface area contributed by atoms with Gasteiger partial charge in [0.25, 0.3) is 0 Å². The molecule has 1 aromatic carbocycles. The van der Waals surface area contributed by atoms with E-state index in [1.165, 1.54) is 6.07 Å². The van der Waals surface area contributed by atoms with E-state index in [0.29, 0.717) is 5.75 Å². The van der Waals surface area contributed by atoms with Crippen LogP contribution in [0.5, 0.6) is 5.75 Å². The molecule has 1 nitrogen and oxygen atoms in total. The first kappa shape index (κ1) is 10.0. The van der Waals surface area contributed by atoms with Crippen LogP contribution in [0.3, 0.4) is 0 Å². The van der Waals surface area contributed by atoms with E-state index in [2.05, 4.69) is 0 Å². The largest absolute Gasteiger partial charge is 0.485 e. The summed E-state index contributed by atoms with van der Waals surface area (Å²) >= 11 is 0. The lowest BCUT2D eigenvalue weighted by atomic mass is 10.1. The lowest BCUT2D eigenvalue weighted by molar-refractivity contribution is 0.124. The Morgan fingerprint density at radius 1 is 1.23 bits per heavy atom. The van der Waals surface area contributed by atoms with Gasteiger partial charge in [0, 0.05) is 0 Å². The first-order chi connectivity index (χ1) is 5.88. The third kappa shape index (κ3) is 3.05. The fourth-order valence-electron chi connectivity index (χ4n) is 1.02. The number of aryl methyl sites for hydroxylation is 1. The number of rotatable bonds is 1. The van der Waals surface area contributed by atoms with Crippen LogP contribution in [-0.4, -0.2) is 5.60 Å². The standard InChI is InChI=1S/C11H15FO/c1-8-5-6-9(12)10(7-8)13-11(2,3)4/h5-7H,1-4H3. The Bertz CT molecular complexity index is 299. The van der Waals surface area contributed by atoms with Crippen molar-refractivity contribution >= 4 is 0 Å². The third-order valence-corrected chi connectivity index (χ3v) is 1.50. The Labute approximate surface area is 78.5 Å². The first-order valence-corrected chi connectivity index (χ1v) is 4.34. The van der Waals surface area contributed by atoms with Gasteiger partial charge in [-0.15, -0.1) is 0 Å². The van der Waals surface area contributed by atoms with Crippen molar-refractivity contribution in [1.82, 2.24) is 0 Å². The average molecular weight is 182 g/mol. The quantitative estimate of drug-likeness (QED) is 0.647. The van der Waals surface area contributed by atoms with Gasteiger partial charge in [-0.3, -0.25) is 0 Å². The van der Waals surface area contributed by atoms with Gasteiger partial charge in [0.1, 0.15) is 5.60 Å². The highest BCUT2D eigenvalue weighted by molar-refractivity contribution is 5.29. The van der Waals surface area contributed by atoms with Gasteiger partial charge in [0.05, 0.1) is 0 Å². The maximum Gasteiger partial charge on any atom is 0.165 e. The molecule has 2 heteroatoms. The minimum atomic E-state index is -0.353. The molecule has 0 aromatic heterocycles. The monoisotopic (exact) mass is 182 g/mol. The second-order valence-corrected chi connectivity index (χ2v) is 4.15. The van der Waals surface area contributed by atoms with Crippen LogP contribution in [0.15, 0.2) is 18.2 Å². The van der Waals surface area contributed by atoms with Crippen LogP contribution in [0.4, 0.5) is 4.39 Å². The zero-order valence-electron chi connectivity index (χ0n) is 8.52. The summed E-state index contributed by atoms with van der Waals surface area (Å²) in [6.07, 6.45) is 0. The average Bonchev–Trinajstić information content (AvgIpc) is 1.94. The molecule has 0 aliphatic heterocycles. The molecule has 0 bridgehead atoms. The van der Waals surface area contributed by atoms with Crippen molar-refractivity contribution in [3.05, 3.63) is 29.6 Å². The fourth-order valence-corrected chi connectivity index (χ4v) is 1.02. The van der Waals surface area contributed by atoms with Gasteiger partial charge in [-0.2, -0.15) is 0 Å². The number of hydrogen-bond donors (Lipinski definition) is 0. The van der Waals surface area contributed by atoms with E-state index < -0.39 is 0 Å². The van der Waals surface area contributed by atoms with E-state index in [-0.39, 0.29) is 11.4 Å². The molecule has 0 atom stereocenters. The topological polar surface area (TPSA) is 9.23 Å². The van der Waals surface area contributed by atoms with E-state index in [1.807, 2.05) is 27.7 Å². The first-order valence-electron chi connectivity index (χ1n) is 4.34. The maximum absolute atomic E-state index is 13.2. The Morgan fingerprint density at radius 2 is 1.85 bits per heavy atom. The molecule has 0 saturated heterocycles. The minimum absolute atomic E-state index is 0.305. The van der Waals surface area contributed by atoms with Crippen LogP contribution < -0.4 is 4.74 Å². The van der Waals surface area contributed by atoms with E-state index in [0.717, 1.165) is 5.56 Å². The summed E-state index contributed by atoms with van der Waals surface area (Å²) in [6.45, 7) is 7.60. The number of ether oxygens (including phenoxy) is 1. The molecule has 72 valence electrons. The van der Waals surface area contributed by atoms with E-state index in [1.54, 1.807) is 12.1 Å². The van der Waals surface area contributed by atoms with Gasteiger partial charge in [-0.1, -0.05) is 6.07 Å². The zero-order valence-corrected chi connectivity index (χ0v) is 8.52. The molecular formula is C11H15FO. The third-order valence-electron chi connectivity index (χ3n) is 1.50. The van der Waals surface area contributed by atoms with Crippen LogP contribution in [-0.2, 0) is 0 Å². The van der Waals surface area contributed by atoms with Crippen molar-refractivity contribution in [2.75, 3.05) is 0 Å². The van der Waals surface area contributed by atoms with Crippen molar-refractivity contribution in [2.45, 2.75) is 33.3 Å². The molecule has 0 N–H and O–H groups in total. The van der Waals surface area contributed by atoms with Crippen molar-refractivity contribution in [2.24, 2.45) is 0 Å². The second-order valence-electron chi connectivity index (χ2n) is 4.15. The van der Waals surface area contributed by atoms with Crippen LogP contribution in [0.25, 0.3) is 0 Å². The lowest BCUT2D eigenvalue weighted by Gasteiger charge is -2.21. The highest BCUT2D eigenvalue weighted by Gasteiger charge is 2.14. The summed E-state index contributed by atoms with van der Waals surface area (Å²) in [4.78, 5) is 0. The van der Waals surface area contributed by atoms with Crippen molar-refractivity contribution < 1.29 is 9.13 Å². The van der Waals surface area contributed by atoms with Gasteiger partial charge in [0.15, 0.2) is 11.6 Å². The van der Waals surface area contributed by atoms with Crippen LogP contribution in [0.1, 0.15) is 26.3 Å². The van der Waals surface area contributed by atoms with Crippen molar-refractivity contribution in [3.63, 3.8) is 0 Å². The molecule has 0 heterocycles. The predicted octanol–water partition coefficient (Wildman–Crippen LogP) is 3.31. The highest BCUT2D eigenvalue weighted by Crippen LogP contribution is 2.22. The predicted molar refractivity (Wildman–Crippen MR) is 51.5 cm³/mol. The SMILES string of the molecule is Cc1ccc(F)c(OC(C)(C)C)c1. The second kappa shape index (κ2) is 3.36.